The van der Waals surface area contributed by atoms with Gasteiger partial charge in [0.1, 0.15) is 5.02 Å². The van der Waals surface area contributed by atoms with E-state index in [0.717, 1.165) is 11.8 Å². The van der Waals surface area contributed by atoms with Gasteiger partial charge < -0.3 is 15.1 Å². The van der Waals surface area contributed by atoms with Crippen LogP contribution in [0.25, 0.3) is 0 Å². The van der Waals surface area contributed by atoms with Crippen LogP contribution in [0.5, 0.6) is 0 Å². The van der Waals surface area contributed by atoms with Crippen molar-refractivity contribution in [2.75, 3.05) is 36.4 Å². The molecule has 0 bridgehead atoms. The van der Waals surface area contributed by atoms with Crippen molar-refractivity contribution in [1.29, 1.82) is 0 Å². The van der Waals surface area contributed by atoms with Crippen LogP contribution in [0.3, 0.4) is 0 Å². The summed E-state index contributed by atoms with van der Waals surface area (Å²) in [5.74, 6) is -0.393. The molecule has 0 atom stereocenters. The maximum absolute atomic E-state index is 12.5. The van der Waals surface area contributed by atoms with E-state index in [9.17, 15) is 19.7 Å². The Morgan fingerprint density at radius 3 is 2.29 bits per heavy atom. The van der Waals surface area contributed by atoms with Gasteiger partial charge in [-0.3, -0.25) is 19.7 Å². The van der Waals surface area contributed by atoms with Crippen molar-refractivity contribution in [3.63, 3.8) is 0 Å². The molecule has 0 aliphatic carbocycles. The van der Waals surface area contributed by atoms with Crippen molar-refractivity contribution < 1.29 is 14.5 Å². The zero-order chi connectivity index (χ0) is 22.7. The third-order valence-electron chi connectivity index (χ3n) is 5.04. The van der Waals surface area contributed by atoms with E-state index in [0.29, 0.717) is 36.9 Å². The third-order valence-corrected chi connectivity index (χ3v) is 5.66. The number of nitro benzene ring substituents is 1. The second-order valence-corrected chi connectivity index (χ2v) is 8.33. The quantitative estimate of drug-likeness (QED) is 0.520. The minimum atomic E-state index is -0.640. The Labute approximate surface area is 189 Å². The SMILES string of the molecule is CC(C)C(=O)N1CCN(c2ccc(NC(=O)c3ccc(Cl)c([N+](=O)[O-])c3)cc2Cl)CC1. The molecule has 0 radical (unpaired) electrons. The largest absolute Gasteiger partial charge is 0.367 e. The fourth-order valence-electron chi connectivity index (χ4n) is 3.37. The summed E-state index contributed by atoms with van der Waals surface area (Å²) < 4.78 is 0. The van der Waals surface area contributed by atoms with Crippen molar-refractivity contribution >= 4 is 52.1 Å². The molecule has 0 saturated carbocycles. The molecule has 10 heteroatoms. The number of carbonyl (C=O) groups is 2. The van der Waals surface area contributed by atoms with Gasteiger partial charge in [-0.25, -0.2) is 0 Å². The number of piperazine rings is 1. The summed E-state index contributed by atoms with van der Waals surface area (Å²) in [4.78, 5) is 39.0. The van der Waals surface area contributed by atoms with E-state index in [1.807, 2.05) is 24.8 Å². The number of halogens is 2. The molecule has 1 fully saturated rings. The van der Waals surface area contributed by atoms with Gasteiger partial charge >= 0.3 is 0 Å². The monoisotopic (exact) mass is 464 g/mol. The Morgan fingerprint density at radius 1 is 1.03 bits per heavy atom. The number of carbonyl (C=O) groups excluding carboxylic acids is 2. The molecule has 2 aromatic rings. The van der Waals surface area contributed by atoms with Gasteiger partial charge in [0.05, 0.1) is 15.6 Å². The number of nitro groups is 1. The van der Waals surface area contributed by atoms with Crippen LogP contribution in [0.4, 0.5) is 17.1 Å². The second-order valence-electron chi connectivity index (χ2n) is 7.51. The fraction of sp³-hybridized carbons (Fsp3) is 0.333. The first kappa shape index (κ1) is 22.8. The highest BCUT2D eigenvalue weighted by Gasteiger charge is 2.24. The minimum Gasteiger partial charge on any atom is -0.367 e. The molecule has 1 saturated heterocycles. The first-order valence-corrected chi connectivity index (χ1v) is 10.5. The highest BCUT2D eigenvalue weighted by molar-refractivity contribution is 6.34. The summed E-state index contributed by atoms with van der Waals surface area (Å²) in [7, 11) is 0. The van der Waals surface area contributed by atoms with Gasteiger partial charge in [0.15, 0.2) is 0 Å². The molecule has 8 nitrogen and oxygen atoms in total. The molecule has 1 aliphatic rings. The number of hydrogen-bond acceptors (Lipinski definition) is 5. The zero-order valence-corrected chi connectivity index (χ0v) is 18.6. The van der Waals surface area contributed by atoms with E-state index >= 15 is 0 Å². The average Bonchev–Trinajstić information content (AvgIpc) is 2.73. The van der Waals surface area contributed by atoms with E-state index in [-0.39, 0.29) is 28.1 Å². The van der Waals surface area contributed by atoms with Crippen LogP contribution in [-0.4, -0.2) is 47.8 Å². The fourth-order valence-corrected chi connectivity index (χ4v) is 3.86. The van der Waals surface area contributed by atoms with Gasteiger partial charge in [-0.05, 0) is 30.3 Å². The average molecular weight is 465 g/mol. The van der Waals surface area contributed by atoms with E-state index in [1.54, 1.807) is 12.1 Å². The topological polar surface area (TPSA) is 95.8 Å². The lowest BCUT2D eigenvalue weighted by molar-refractivity contribution is -0.384. The maximum atomic E-state index is 12.5. The molecule has 3 rings (SSSR count). The normalized spacial score (nSPS) is 14.0. The smallest absolute Gasteiger partial charge is 0.288 e. The molecule has 0 unspecified atom stereocenters. The summed E-state index contributed by atoms with van der Waals surface area (Å²) in [6.07, 6.45) is 0. The van der Waals surface area contributed by atoms with Gasteiger partial charge in [0.25, 0.3) is 11.6 Å². The molecule has 2 aromatic carbocycles. The Balaban J connectivity index is 1.68. The summed E-state index contributed by atoms with van der Waals surface area (Å²) >= 11 is 12.2. The van der Waals surface area contributed by atoms with Gasteiger partial charge in [-0.2, -0.15) is 0 Å². The van der Waals surface area contributed by atoms with Gasteiger partial charge in [-0.1, -0.05) is 37.0 Å². The number of amides is 2. The molecule has 2 amide bonds. The first-order valence-electron chi connectivity index (χ1n) is 9.76. The molecule has 164 valence electrons. The molecule has 0 spiro atoms. The van der Waals surface area contributed by atoms with Crippen LogP contribution in [0.1, 0.15) is 24.2 Å². The van der Waals surface area contributed by atoms with E-state index in [1.165, 1.54) is 12.1 Å². The summed E-state index contributed by atoms with van der Waals surface area (Å²) in [5.41, 5.74) is 1.06. The molecule has 0 aromatic heterocycles. The molecule has 1 heterocycles. The number of nitrogens with zero attached hydrogens (tertiary/aromatic N) is 3. The Bertz CT molecular complexity index is 1020. The van der Waals surface area contributed by atoms with Crippen molar-refractivity contribution in [1.82, 2.24) is 4.90 Å². The molecular formula is C21H22Cl2N4O4. The van der Waals surface area contributed by atoms with Crippen LogP contribution in [0, 0.1) is 16.0 Å². The van der Waals surface area contributed by atoms with Crippen LogP contribution in [-0.2, 0) is 4.79 Å². The van der Waals surface area contributed by atoms with Crippen molar-refractivity contribution in [2.45, 2.75) is 13.8 Å². The molecule has 31 heavy (non-hydrogen) atoms. The number of benzene rings is 2. The molecular weight excluding hydrogens is 443 g/mol. The zero-order valence-electron chi connectivity index (χ0n) is 17.1. The molecule has 1 aliphatic heterocycles. The van der Waals surface area contributed by atoms with Gasteiger partial charge in [0, 0.05) is 49.4 Å². The predicted molar refractivity (Wildman–Crippen MR) is 121 cm³/mol. The van der Waals surface area contributed by atoms with Crippen molar-refractivity contribution in [3.05, 3.63) is 62.1 Å². The maximum Gasteiger partial charge on any atom is 0.288 e. The van der Waals surface area contributed by atoms with E-state index in [2.05, 4.69) is 10.2 Å². The highest BCUT2D eigenvalue weighted by atomic mass is 35.5. The summed E-state index contributed by atoms with van der Waals surface area (Å²) in [6, 6.07) is 9.01. The second kappa shape index (κ2) is 9.53. The van der Waals surface area contributed by atoms with Crippen LogP contribution < -0.4 is 10.2 Å². The Morgan fingerprint density at radius 2 is 1.71 bits per heavy atom. The number of rotatable bonds is 5. The third kappa shape index (κ3) is 5.26. The van der Waals surface area contributed by atoms with Crippen LogP contribution in [0.2, 0.25) is 10.0 Å². The summed E-state index contributed by atoms with van der Waals surface area (Å²) in [5, 5.41) is 14.1. The van der Waals surface area contributed by atoms with E-state index < -0.39 is 10.8 Å². The van der Waals surface area contributed by atoms with Crippen molar-refractivity contribution in [3.8, 4) is 0 Å². The van der Waals surface area contributed by atoms with Crippen molar-refractivity contribution in [2.24, 2.45) is 5.92 Å². The lowest BCUT2D eigenvalue weighted by atomic mass is 10.1. The minimum absolute atomic E-state index is 0.0277. The lowest BCUT2D eigenvalue weighted by Crippen LogP contribution is -2.50. The lowest BCUT2D eigenvalue weighted by Gasteiger charge is -2.37. The first-order chi connectivity index (χ1) is 14.7. The van der Waals surface area contributed by atoms with E-state index in [4.69, 9.17) is 23.2 Å². The Kier molecular flexibility index (Phi) is 7.02. The number of nitrogens with one attached hydrogen (secondary N) is 1. The standard InChI is InChI=1S/C21H22Cl2N4O4/c1-13(2)21(29)26-9-7-25(8-10-26)18-6-4-15(12-17(18)23)24-20(28)14-3-5-16(22)19(11-14)27(30)31/h3-6,11-13H,7-10H2,1-2H3,(H,24,28). The highest BCUT2D eigenvalue weighted by Crippen LogP contribution is 2.30. The number of hydrogen-bond donors (Lipinski definition) is 1. The van der Waals surface area contributed by atoms with Gasteiger partial charge in [-0.15, -0.1) is 0 Å². The number of anilines is 2. The predicted octanol–water partition coefficient (Wildman–Crippen LogP) is 4.46. The molecule has 1 N–H and O–H groups in total. The Hall–Kier alpha value is -2.84. The van der Waals surface area contributed by atoms with Crippen LogP contribution in [0.15, 0.2) is 36.4 Å². The van der Waals surface area contributed by atoms with Crippen LogP contribution >= 0.6 is 23.2 Å². The van der Waals surface area contributed by atoms with Gasteiger partial charge in [0.2, 0.25) is 5.91 Å². The summed E-state index contributed by atoms with van der Waals surface area (Å²) in [6.45, 7) is 6.36.